The molecule has 0 spiro atoms. The van der Waals surface area contributed by atoms with Crippen molar-refractivity contribution >= 4 is 23.4 Å². The number of aromatic nitrogens is 1. The number of hydrogen-bond acceptors (Lipinski definition) is 9. The number of rotatable bonds is 15. The molecular formula is C41H61NO8S. The first kappa shape index (κ1) is 42.8. The Morgan fingerprint density at radius 3 is 2.47 bits per heavy atom. The van der Waals surface area contributed by atoms with Gasteiger partial charge in [0, 0.05) is 35.6 Å². The van der Waals surface area contributed by atoms with Gasteiger partial charge < -0.3 is 34.3 Å². The molecule has 0 aliphatic carbocycles. The highest BCUT2D eigenvalue weighted by Crippen LogP contribution is 2.38. The van der Waals surface area contributed by atoms with Crippen LogP contribution in [0.1, 0.15) is 131 Å². The number of allylic oxidation sites excluding steroid dienone is 4. The van der Waals surface area contributed by atoms with Gasteiger partial charge in [-0.25, -0.2) is 9.78 Å². The van der Waals surface area contributed by atoms with E-state index in [9.17, 15) is 20.1 Å². The molecule has 0 radical (unpaired) electrons. The molecule has 1 aromatic rings. The second-order valence-electron chi connectivity index (χ2n) is 14.9. The van der Waals surface area contributed by atoms with Gasteiger partial charge in [-0.15, -0.1) is 11.3 Å². The Morgan fingerprint density at radius 2 is 1.80 bits per heavy atom. The maximum absolute atomic E-state index is 11.8. The Bertz CT molecular complexity index is 1480. The number of carboxylic acid groups (broad SMARTS) is 1. The number of hydrogen-bond donors (Lipinski definition) is 3. The molecule has 10 heteroatoms. The molecule has 3 N–H and O–H groups in total. The molecule has 2 saturated heterocycles. The highest BCUT2D eigenvalue weighted by Gasteiger charge is 2.46. The molecule has 284 valence electrons. The zero-order valence-corrected chi connectivity index (χ0v) is 33.1. The largest absolute Gasteiger partial charge is 0.478 e. The van der Waals surface area contributed by atoms with Crippen LogP contribution in [0.25, 0.3) is 6.08 Å². The average Bonchev–Trinajstić information content (AvgIpc) is 3.53. The summed E-state index contributed by atoms with van der Waals surface area (Å²) < 4.78 is 24.8. The van der Waals surface area contributed by atoms with Crippen molar-refractivity contribution in [3.63, 3.8) is 0 Å². The van der Waals surface area contributed by atoms with E-state index in [0.29, 0.717) is 24.1 Å². The molecule has 2 fully saturated rings. The summed E-state index contributed by atoms with van der Waals surface area (Å²) in [6.07, 6.45) is 11.1. The van der Waals surface area contributed by atoms with Crippen LogP contribution in [-0.4, -0.2) is 74.5 Å². The van der Waals surface area contributed by atoms with Crippen molar-refractivity contribution in [2.24, 2.45) is 5.92 Å². The van der Waals surface area contributed by atoms with Gasteiger partial charge in [-0.2, -0.15) is 0 Å². The van der Waals surface area contributed by atoms with E-state index in [1.807, 2.05) is 72.9 Å². The molecule has 0 amide bonds. The van der Waals surface area contributed by atoms with E-state index in [2.05, 4.69) is 31.8 Å². The number of unbranched alkanes of at least 4 members (excludes halogenated alkanes) is 3. The fourth-order valence-electron chi connectivity index (χ4n) is 6.58. The summed E-state index contributed by atoms with van der Waals surface area (Å²) in [6, 6.07) is 0. The average molecular weight is 728 g/mol. The molecule has 3 heterocycles. The van der Waals surface area contributed by atoms with Gasteiger partial charge in [-0.1, -0.05) is 69.6 Å². The summed E-state index contributed by atoms with van der Waals surface area (Å²) in [5.41, 5.74) is 3.20. The summed E-state index contributed by atoms with van der Waals surface area (Å²) >= 11 is 1.51. The molecular weight excluding hydrogens is 667 g/mol. The quantitative estimate of drug-likeness (QED) is 0.0707. The predicted octanol–water partition coefficient (Wildman–Crippen LogP) is 8.34. The minimum absolute atomic E-state index is 0.0393. The second kappa shape index (κ2) is 19.5. The van der Waals surface area contributed by atoms with E-state index < -0.39 is 35.9 Å². The van der Waals surface area contributed by atoms with Crippen molar-refractivity contribution in [3.05, 3.63) is 57.1 Å². The lowest BCUT2D eigenvalue weighted by Crippen LogP contribution is -2.56. The SMILES string of the molecule is C/C=C(C)/C=C(\C)[C@H]1OC(C)(C)O[C@@H]([C@H](O)[C@@H](O)CC#C/C=C/[C@@H]2C[C@@H]([C@@H](C)c3nc(/C=C(\CCCCCC)C(=O)O)cs3)OC(C)(C)O2)[C@H]1C. The number of ether oxygens (including phenoxy) is 4. The van der Waals surface area contributed by atoms with Gasteiger partial charge in [-0.05, 0) is 85.1 Å². The fraction of sp³-hybridized carbons (Fsp3) is 0.659. The zero-order valence-electron chi connectivity index (χ0n) is 32.3. The third-order valence-corrected chi connectivity index (χ3v) is 10.5. The molecule has 0 saturated carbocycles. The van der Waals surface area contributed by atoms with E-state index >= 15 is 0 Å². The molecule has 8 atom stereocenters. The van der Waals surface area contributed by atoms with Crippen molar-refractivity contribution in [3.8, 4) is 11.8 Å². The molecule has 2 aliphatic heterocycles. The summed E-state index contributed by atoms with van der Waals surface area (Å²) in [6.45, 7) is 19.6. The highest BCUT2D eigenvalue weighted by atomic mass is 32.1. The molecule has 9 nitrogen and oxygen atoms in total. The number of aliphatic hydroxyl groups excluding tert-OH is 2. The number of thiazole rings is 1. The number of nitrogens with zero attached hydrogens (tertiary/aromatic N) is 1. The fourth-order valence-corrected chi connectivity index (χ4v) is 7.47. The predicted molar refractivity (Wildman–Crippen MR) is 203 cm³/mol. The normalized spacial score (nSPS) is 27.5. The van der Waals surface area contributed by atoms with Gasteiger partial charge in [0.1, 0.15) is 6.10 Å². The van der Waals surface area contributed by atoms with Crippen molar-refractivity contribution in [2.45, 2.75) is 168 Å². The van der Waals surface area contributed by atoms with Crippen LogP contribution in [0.4, 0.5) is 0 Å². The summed E-state index contributed by atoms with van der Waals surface area (Å²) in [7, 11) is 0. The first-order chi connectivity index (χ1) is 24.0. The Labute approximate surface area is 309 Å². The smallest absolute Gasteiger partial charge is 0.331 e. The van der Waals surface area contributed by atoms with Crippen LogP contribution in [0, 0.1) is 17.8 Å². The summed E-state index contributed by atoms with van der Waals surface area (Å²) in [4.78, 5) is 16.6. The van der Waals surface area contributed by atoms with Gasteiger partial charge in [-0.3, -0.25) is 0 Å². The van der Waals surface area contributed by atoms with E-state index in [4.69, 9.17) is 23.9 Å². The summed E-state index contributed by atoms with van der Waals surface area (Å²) in [5.74, 6) is 3.07. The summed E-state index contributed by atoms with van der Waals surface area (Å²) in [5, 5.41) is 34.6. The van der Waals surface area contributed by atoms with Crippen LogP contribution < -0.4 is 0 Å². The third kappa shape index (κ3) is 13.1. The van der Waals surface area contributed by atoms with Gasteiger partial charge >= 0.3 is 5.97 Å². The number of carbonyl (C=O) groups is 1. The molecule has 0 aromatic carbocycles. The van der Waals surface area contributed by atoms with Crippen LogP contribution in [0.2, 0.25) is 0 Å². The van der Waals surface area contributed by atoms with Crippen molar-refractivity contribution in [1.82, 2.24) is 4.98 Å². The standard InChI is InChI=1S/C41H61NO8S/c1-11-13-14-16-19-30(39(45)46)23-31-25-51-38(42-31)28(5)34-24-32(47-40(7,8)48-34)20-17-15-18-21-33(43)35(44)37-29(6)36(49-41(9,10)50-37)27(4)22-26(3)12-2/h12,17,20,22-23,25,28-29,32-37,43-44H,11,13-14,16,19,21,24H2,1-10H3,(H,45,46)/b20-17+,26-12+,27-22+,30-23+/t28-,29+,32-,33+,34+,35-,36-,37-/m1/s1. The third-order valence-electron chi connectivity index (χ3n) is 9.44. The Hall–Kier alpha value is -2.62. The molecule has 51 heavy (non-hydrogen) atoms. The highest BCUT2D eigenvalue weighted by molar-refractivity contribution is 7.09. The Morgan fingerprint density at radius 1 is 1.10 bits per heavy atom. The lowest BCUT2D eigenvalue weighted by molar-refractivity contribution is -0.329. The monoisotopic (exact) mass is 727 g/mol. The Kier molecular flexibility index (Phi) is 16.3. The van der Waals surface area contributed by atoms with Crippen LogP contribution in [0.5, 0.6) is 0 Å². The van der Waals surface area contributed by atoms with Crippen LogP contribution in [-0.2, 0) is 23.7 Å². The maximum Gasteiger partial charge on any atom is 0.331 e. The molecule has 0 unspecified atom stereocenters. The van der Waals surface area contributed by atoms with E-state index in [-0.39, 0.29) is 36.6 Å². The minimum atomic E-state index is -1.15. The maximum atomic E-state index is 11.8. The number of carboxylic acids is 1. The first-order valence-corrected chi connectivity index (χ1v) is 19.3. The van der Waals surface area contributed by atoms with Crippen molar-refractivity contribution < 1.29 is 39.1 Å². The Balaban J connectivity index is 1.62. The molecule has 3 rings (SSSR count). The van der Waals surface area contributed by atoms with Crippen LogP contribution >= 0.6 is 11.3 Å². The lowest BCUT2D eigenvalue weighted by Gasteiger charge is -2.47. The number of aliphatic hydroxyl groups is 2. The first-order valence-electron chi connectivity index (χ1n) is 18.4. The number of aliphatic carboxylic acids is 1. The van der Waals surface area contributed by atoms with Crippen molar-refractivity contribution in [1.29, 1.82) is 0 Å². The van der Waals surface area contributed by atoms with Gasteiger partial charge in [0.05, 0.1) is 41.2 Å². The van der Waals surface area contributed by atoms with E-state index in [1.54, 1.807) is 12.2 Å². The lowest BCUT2D eigenvalue weighted by atomic mass is 9.85. The zero-order chi connectivity index (χ0) is 37.9. The van der Waals surface area contributed by atoms with Crippen LogP contribution in [0.3, 0.4) is 0 Å². The molecule has 1 aromatic heterocycles. The van der Waals surface area contributed by atoms with Crippen LogP contribution in [0.15, 0.2) is 46.4 Å². The molecule has 2 aliphatic rings. The molecule has 0 bridgehead atoms. The second-order valence-corrected chi connectivity index (χ2v) is 15.8. The van der Waals surface area contributed by atoms with Gasteiger partial charge in [0.15, 0.2) is 11.6 Å². The van der Waals surface area contributed by atoms with Gasteiger partial charge in [0.25, 0.3) is 0 Å². The topological polar surface area (TPSA) is 128 Å². The van der Waals surface area contributed by atoms with E-state index in [1.165, 1.54) is 11.3 Å². The minimum Gasteiger partial charge on any atom is -0.478 e. The van der Waals surface area contributed by atoms with Crippen molar-refractivity contribution in [2.75, 3.05) is 0 Å². The van der Waals surface area contributed by atoms with E-state index in [0.717, 1.165) is 41.8 Å². The van der Waals surface area contributed by atoms with Gasteiger partial charge in [0.2, 0.25) is 0 Å².